The number of nitrogens with zero attached hydrogens (tertiary/aromatic N) is 4. The number of aromatic nitrogens is 4. The molecule has 124 valence electrons. The van der Waals surface area contributed by atoms with Crippen LogP contribution in [-0.4, -0.2) is 20.2 Å². The fourth-order valence-electron chi connectivity index (χ4n) is 2.64. The van der Waals surface area contributed by atoms with Gasteiger partial charge in [-0.2, -0.15) is 0 Å². The van der Waals surface area contributed by atoms with Crippen molar-refractivity contribution in [1.82, 2.24) is 25.5 Å². The van der Waals surface area contributed by atoms with Gasteiger partial charge in [-0.25, -0.2) is 9.07 Å². The fourth-order valence-corrected chi connectivity index (χ4v) is 2.64. The quantitative estimate of drug-likeness (QED) is 0.780. The number of nitrogens with one attached hydrogen (secondary N) is 1. The molecule has 0 saturated heterocycles. The third-order valence-electron chi connectivity index (χ3n) is 4.20. The lowest BCUT2D eigenvalue weighted by Gasteiger charge is -2.21. The van der Waals surface area contributed by atoms with Crippen LogP contribution in [-0.2, 0) is 0 Å². The molecule has 5 nitrogen and oxygen atoms in total. The highest BCUT2D eigenvalue weighted by atomic mass is 19.1. The van der Waals surface area contributed by atoms with Crippen molar-refractivity contribution < 1.29 is 4.39 Å². The molecule has 1 aromatic heterocycles. The molecule has 0 unspecified atom stereocenters. The minimum absolute atomic E-state index is 0.0503. The molecule has 0 saturated carbocycles. The van der Waals surface area contributed by atoms with Gasteiger partial charge in [0.25, 0.3) is 0 Å². The number of hydrogen-bond acceptors (Lipinski definition) is 4. The van der Waals surface area contributed by atoms with Gasteiger partial charge in [-0.15, -0.1) is 5.10 Å². The zero-order valence-electron chi connectivity index (χ0n) is 13.9. The van der Waals surface area contributed by atoms with E-state index in [2.05, 4.69) is 27.8 Å². The molecular formula is C18H20FN5. The molecule has 3 rings (SSSR count). The maximum Gasteiger partial charge on any atom is 0.143 e. The van der Waals surface area contributed by atoms with Crippen LogP contribution in [0.25, 0.3) is 5.69 Å². The molecule has 0 aliphatic rings. The van der Waals surface area contributed by atoms with E-state index in [0.717, 1.165) is 16.8 Å². The van der Waals surface area contributed by atoms with Gasteiger partial charge < -0.3 is 5.32 Å². The smallest absolute Gasteiger partial charge is 0.143 e. The van der Waals surface area contributed by atoms with Crippen LogP contribution in [0.3, 0.4) is 0 Å². The Morgan fingerprint density at radius 2 is 1.67 bits per heavy atom. The third kappa shape index (κ3) is 3.49. The zero-order valence-corrected chi connectivity index (χ0v) is 13.9. The Morgan fingerprint density at radius 3 is 2.29 bits per heavy atom. The summed E-state index contributed by atoms with van der Waals surface area (Å²) < 4.78 is 15.3. The highest BCUT2D eigenvalue weighted by Crippen LogP contribution is 2.21. The molecule has 0 spiro atoms. The van der Waals surface area contributed by atoms with Crippen LogP contribution in [0.1, 0.15) is 42.6 Å². The fraction of sp³-hybridized carbons (Fsp3) is 0.278. The van der Waals surface area contributed by atoms with Crippen LogP contribution in [0.2, 0.25) is 0 Å². The number of rotatable bonds is 5. The van der Waals surface area contributed by atoms with E-state index in [0.29, 0.717) is 5.56 Å². The SMILES string of the molecule is Cc1ccc([C@@H](C)N[C@@H](C)c2ccc(-n3cnnn3)cc2)cc1F. The van der Waals surface area contributed by atoms with E-state index in [9.17, 15) is 4.39 Å². The topological polar surface area (TPSA) is 55.6 Å². The van der Waals surface area contributed by atoms with Crippen LogP contribution in [0.4, 0.5) is 4.39 Å². The summed E-state index contributed by atoms with van der Waals surface area (Å²) in [6, 6.07) is 13.6. The van der Waals surface area contributed by atoms with E-state index in [-0.39, 0.29) is 17.9 Å². The normalized spacial score (nSPS) is 13.7. The predicted molar refractivity (Wildman–Crippen MR) is 90.3 cm³/mol. The predicted octanol–water partition coefficient (Wildman–Crippen LogP) is 3.52. The molecule has 0 fully saturated rings. The summed E-state index contributed by atoms with van der Waals surface area (Å²) in [5.74, 6) is -0.167. The average molecular weight is 325 g/mol. The van der Waals surface area contributed by atoms with Crippen molar-refractivity contribution in [3.8, 4) is 5.69 Å². The minimum atomic E-state index is -0.167. The lowest BCUT2D eigenvalue weighted by molar-refractivity contribution is 0.491. The molecule has 3 aromatic rings. The van der Waals surface area contributed by atoms with Crippen molar-refractivity contribution in [2.45, 2.75) is 32.9 Å². The van der Waals surface area contributed by atoms with Gasteiger partial charge in [-0.3, -0.25) is 0 Å². The summed E-state index contributed by atoms with van der Waals surface area (Å²) in [6.45, 7) is 5.90. The first-order chi connectivity index (χ1) is 11.5. The standard InChI is InChI=1S/C18H20FN5/c1-12-4-5-16(10-18(12)19)14(3)21-13(2)15-6-8-17(9-7-15)24-11-20-22-23-24/h4-11,13-14,21H,1-3H3/t13-,14+/m0/s1. The highest BCUT2D eigenvalue weighted by Gasteiger charge is 2.12. The van der Waals surface area contributed by atoms with Crippen LogP contribution in [0.5, 0.6) is 0 Å². The van der Waals surface area contributed by atoms with Gasteiger partial charge in [0.05, 0.1) is 5.69 Å². The van der Waals surface area contributed by atoms with Crippen LogP contribution < -0.4 is 5.32 Å². The molecule has 1 N–H and O–H groups in total. The molecule has 0 bridgehead atoms. The van der Waals surface area contributed by atoms with E-state index >= 15 is 0 Å². The Labute approximate surface area is 140 Å². The molecule has 0 aliphatic heterocycles. The molecule has 0 amide bonds. The summed E-state index contributed by atoms with van der Waals surface area (Å²) in [6.07, 6.45) is 1.56. The third-order valence-corrected chi connectivity index (χ3v) is 4.20. The number of tetrazole rings is 1. The maximum atomic E-state index is 13.7. The molecule has 6 heteroatoms. The summed E-state index contributed by atoms with van der Waals surface area (Å²) in [5, 5.41) is 14.6. The van der Waals surface area contributed by atoms with E-state index in [1.807, 2.05) is 43.3 Å². The molecule has 2 atom stereocenters. The van der Waals surface area contributed by atoms with Gasteiger partial charge in [0.15, 0.2) is 0 Å². The molecule has 0 radical (unpaired) electrons. The largest absolute Gasteiger partial charge is 0.304 e. The van der Waals surface area contributed by atoms with Gasteiger partial charge in [0, 0.05) is 12.1 Å². The van der Waals surface area contributed by atoms with Gasteiger partial charge in [-0.1, -0.05) is 24.3 Å². The summed E-state index contributed by atoms with van der Waals surface area (Å²) >= 11 is 0. The average Bonchev–Trinajstić information content (AvgIpc) is 3.12. The monoisotopic (exact) mass is 325 g/mol. The van der Waals surface area contributed by atoms with Gasteiger partial charge >= 0.3 is 0 Å². The Bertz CT molecular complexity index is 799. The maximum absolute atomic E-state index is 13.7. The van der Waals surface area contributed by atoms with Crippen molar-refractivity contribution in [2.75, 3.05) is 0 Å². The van der Waals surface area contributed by atoms with Gasteiger partial charge in [0.1, 0.15) is 12.1 Å². The Hall–Kier alpha value is -2.60. The highest BCUT2D eigenvalue weighted by molar-refractivity contribution is 5.34. The van der Waals surface area contributed by atoms with E-state index in [1.165, 1.54) is 0 Å². The summed E-state index contributed by atoms with van der Waals surface area (Å²) in [5.41, 5.74) is 3.66. The van der Waals surface area contributed by atoms with E-state index in [1.54, 1.807) is 24.0 Å². The molecule has 1 heterocycles. The van der Waals surface area contributed by atoms with Gasteiger partial charge in [-0.05, 0) is 66.1 Å². The first-order valence-corrected chi connectivity index (χ1v) is 7.90. The van der Waals surface area contributed by atoms with Crippen molar-refractivity contribution in [3.63, 3.8) is 0 Å². The van der Waals surface area contributed by atoms with Crippen molar-refractivity contribution in [2.24, 2.45) is 0 Å². The molecular weight excluding hydrogens is 305 g/mol. The second kappa shape index (κ2) is 6.88. The second-order valence-corrected chi connectivity index (χ2v) is 5.96. The Balaban J connectivity index is 1.69. The van der Waals surface area contributed by atoms with Crippen LogP contribution >= 0.6 is 0 Å². The van der Waals surface area contributed by atoms with E-state index in [4.69, 9.17) is 0 Å². The minimum Gasteiger partial charge on any atom is -0.304 e. The zero-order chi connectivity index (χ0) is 17.1. The summed E-state index contributed by atoms with van der Waals surface area (Å²) in [7, 11) is 0. The lowest BCUT2D eigenvalue weighted by Crippen LogP contribution is -2.22. The number of aryl methyl sites for hydroxylation is 1. The van der Waals surface area contributed by atoms with E-state index < -0.39 is 0 Å². The Kier molecular flexibility index (Phi) is 4.66. The molecule has 0 aliphatic carbocycles. The van der Waals surface area contributed by atoms with Gasteiger partial charge in [0.2, 0.25) is 0 Å². The lowest BCUT2D eigenvalue weighted by atomic mass is 10.0. The number of hydrogen-bond donors (Lipinski definition) is 1. The van der Waals surface area contributed by atoms with Crippen molar-refractivity contribution in [3.05, 3.63) is 71.3 Å². The first kappa shape index (κ1) is 16.3. The van der Waals surface area contributed by atoms with Crippen molar-refractivity contribution >= 4 is 0 Å². The number of halogens is 1. The second-order valence-electron chi connectivity index (χ2n) is 5.96. The first-order valence-electron chi connectivity index (χ1n) is 7.90. The summed E-state index contributed by atoms with van der Waals surface area (Å²) in [4.78, 5) is 0. The Morgan fingerprint density at radius 1 is 1.00 bits per heavy atom. The molecule has 2 aromatic carbocycles. The van der Waals surface area contributed by atoms with Crippen LogP contribution in [0, 0.1) is 12.7 Å². The number of benzene rings is 2. The van der Waals surface area contributed by atoms with Crippen LogP contribution in [0.15, 0.2) is 48.8 Å². The molecule has 24 heavy (non-hydrogen) atoms. The van der Waals surface area contributed by atoms with Crippen molar-refractivity contribution in [1.29, 1.82) is 0 Å².